The van der Waals surface area contributed by atoms with Gasteiger partial charge in [0, 0.05) is 26.6 Å². The van der Waals surface area contributed by atoms with E-state index in [2.05, 4.69) is 59.3 Å². The molecule has 1 aromatic carbocycles. The van der Waals surface area contributed by atoms with Crippen LogP contribution in [-0.4, -0.2) is 29.4 Å². The molecule has 0 aliphatic carbocycles. The maximum atomic E-state index is 4.26. The molecule has 2 aromatic rings. The van der Waals surface area contributed by atoms with Gasteiger partial charge in [0.2, 0.25) is 0 Å². The van der Waals surface area contributed by atoms with E-state index in [1.165, 1.54) is 10.8 Å². The molecule has 0 aliphatic heterocycles. The van der Waals surface area contributed by atoms with Gasteiger partial charge in [0.05, 0.1) is 8.07 Å². The van der Waals surface area contributed by atoms with Crippen LogP contribution in [0, 0.1) is 0 Å². The van der Waals surface area contributed by atoms with Gasteiger partial charge in [-0.2, -0.15) is 5.10 Å². The SMILES string of the molecule is Cn1cnc(CCNCc2ccc([Si](C)(C)C)cc2)n1. The third kappa shape index (κ3) is 4.28. The minimum Gasteiger partial charge on any atom is -0.312 e. The maximum absolute atomic E-state index is 4.26. The number of aryl methyl sites for hydroxylation is 1. The van der Waals surface area contributed by atoms with E-state index in [1.54, 1.807) is 11.0 Å². The first-order chi connectivity index (χ1) is 9.45. The van der Waals surface area contributed by atoms with Gasteiger partial charge in [0.25, 0.3) is 0 Å². The van der Waals surface area contributed by atoms with Crippen LogP contribution in [0.5, 0.6) is 0 Å². The predicted molar refractivity (Wildman–Crippen MR) is 85.8 cm³/mol. The lowest BCUT2D eigenvalue weighted by Gasteiger charge is -2.16. The quantitative estimate of drug-likeness (QED) is 0.650. The second kappa shape index (κ2) is 6.32. The van der Waals surface area contributed by atoms with E-state index < -0.39 is 8.07 Å². The van der Waals surface area contributed by atoms with Gasteiger partial charge in [-0.25, -0.2) is 4.98 Å². The van der Waals surface area contributed by atoms with Gasteiger partial charge in [0.1, 0.15) is 6.33 Å². The Balaban J connectivity index is 1.77. The molecule has 1 heterocycles. The zero-order valence-electron chi connectivity index (χ0n) is 12.8. The van der Waals surface area contributed by atoms with Crippen molar-refractivity contribution in [3.63, 3.8) is 0 Å². The van der Waals surface area contributed by atoms with Gasteiger partial charge in [-0.1, -0.05) is 49.1 Å². The summed E-state index contributed by atoms with van der Waals surface area (Å²) in [5, 5.41) is 9.22. The van der Waals surface area contributed by atoms with Crippen molar-refractivity contribution in [3.8, 4) is 0 Å². The standard InChI is InChI=1S/C15H24N4Si/c1-19-12-17-15(18-19)9-10-16-11-13-5-7-14(8-6-13)20(2,3)4/h5-8,12,16H,9-11H2,1-4H3. The van der Waals surface area contributed by atoms with Gasteiger partial charge in [-0.15, -0.1) is 0 Å². The van der Waals surface area contributed by atoms with Crippen LogP contribution in [0.15, 0.2) is 30.6 Å². The van der Waals surface area contributed by atoms with E-state index in [9.17, 15) is 0 Å². The van der Waals surface area contributed by atoms with Crippen molar-refractivity contribution in [3.05, 3.63) is 42.0 Å². The van der Waals surface area contributed by atoms with E-state index in [0.29, 0.717) is 0 Å². The highest BCUT2D eigenvalue weighted by atomic mass is 28.3. The molecular weight excluding hydrogens is 264 g/mol. The molecule has 0 bridgehead atoms. The molecule has 2 rings (SSSR count). The molecule has 0 unspecified atom stereocenters. The molecule has 0 saturated heterocycles. The fourth-order valence-electron chi connectivity index (χ4n) is 2.05. The number of benzene rings is 1. The lowest BCUT2D eigenvalue weighted by Crippen LogP contribution is -2.37. The Kier molecular flexibility index (Phi) is 4.72. The molecule has 4 nitrogen and oxygen atoms in total. The minimum atomic E-state index is -1.18. The summed E-state index contributed by atoms with van der Waals surface area (Å²) in [6.07, 6.45) is 2.61. The number of hydrogen-bond acceptors (Lipinski definition) is 3. The van der Waals surface area contributed by atoms with Crippen LogP contribution in [0.3, 0.4) is 0 Å². The van der Waals surface area contributed by atoms with Crippen molar-refractivity contribution in [2.45, 2.75) is 32.6 Å². The van der Waals surface area contributed by atoms with Crippen LogP contribution in [-0.2, 0) is 20.0 Å². The summed E-state index contributed by atoms with van der Waals surface area (Å²) in [6, 6.07) is 9.03. The molecule has 0 amide bonds. The van der Waals surface area contributed by atoms with Crippen molar-refractivity contribution in [1.82, 2.24) is 20.1 Å². The van der Waals surface area contributed by atoms with E-state index in [1.807, 2.05) is 7.05 Å². The van der Waals surface area contributed by atoms with Crippen LogP contribution >= 0.6 is 0 Å². The number of aromatic nitrogens is 3. The minimum absolute atomic E-state index is 0.869. The molecule has 0 saturated carbocycles. The van der Waals surface area contributed by atoms with Crippen LogP contribution in [0.1, 0.15) is 11.4 Å². The second-order valence-corrected chi connectivity index (χ2v) is 11.3. The largest absolute Gasteiger partial charge is 0.312 e. The summed E-state index contributed by atoms with van der Waals surface area (Å²) < 4.78 is 1.74. The summed E-state index contributed by atoms with van der Waals surface area (Å²) in [5.74, 6) is 0.897. The van der Waals surface area contributed by atoms with E-state index in [-0.39, 0.29) is 0 Å². The maximum Gasteiger partial charge on any atom is 0.151 e. The molecular formula is C15H24N4Si. The van der Waals surface area contributed by atoms with E-state index in [0.717, 1.165) is 25.3 Å². The zero-order valence-corrected chi connectivity index (χ0v) is 13.8. The van der Waals surface area contributed by atoms with Crippen LogP contribution in [0.4, 0.5) is 0 Å². The summed E-state index contributed by atoms with van der Waals surface area (Å²) in [7, 11) is 0.717. The monoisotopic (exact) mass is 288 g/mol. The molecule has 1 aromatic heterocycles. The highest BCUT2D eigenvalue weighted by molar-refractivity contribution is 6.88. The van der Waals surface area contributed by atoms with Crippen molar-refractivity contribution in [2.75, 3.05) is 6.54 Å². The normalized spacial score (nSPS) is 11.8. The third-order valence-electron chi connectivity index (χ3n) is 3.32. The Bertz CT molecular complexity index is 540. The molecule has 0 spiro atoms. The van der Waals surface area contributed by atoms with Crippen LogP contribution < -0.4 is 10.5 Å². The fourth-order valence-corrected chi connectivity index (χ4v) is 3.22. The topological polar surface area (TPSA) is 42.7 Å². The number of hydrogen-bond donors (Lipinski definition) is 1. The lowest BCUT2D eigenvalue weighted by atomic mass is 10.2. The van der Waals surface area contributed by atoms with Gasteiger partial charge in [-0.3, -0.25) is 4.68 Å². The van der Waals surface area contributed by atoms with Crippen LogP contribution in [0.2, 0.25) is 19.6 Å². The molecule has 0 radical (unpaired) electrons. The first-order valence-corrected chi connectivity index (χ1v) is 10.6. The molecule has 0 atom stereocenters. The summed E-state index contributed by atoms with van der Waals surface area (Å²) in [6.45, 7) is 8.93. The van der Waals surface area contributed by atoms with Crippen LogP contribution in [0.25, 0.3) is 0 Å². The Labute approximate surface area is 122 Å². The predicted octanol–water partition coefficient (Wildman–Crippen LogP) is 1.69. The number of nitrogens with zero attached hydrogens (tertiary/aromatic N) is 3. The Hall–Kier alpha value is -1.46. The first kappa shape index (κ1) is 14.9. The van der Waals surface area contributed by atoms with Gasteiger partial charge in [-0.05, 0) is 5.56 Å². The van der Waals surface area contributed by atoms with E-state index in [4.69, 9.17) is 0 Å². The lowest BCUT2D eigenvalue weighted by molar-refractivity contribution is 0.661. The van der Waals surface area contributed by atoms with Crippen molar-refractivity contribution >= 4 is 13.3 Å². The summed E-state index contributed by atoms with van der Waals surface area (Å²) >= 11 is 0. The van der Waals surface area contributed by atoms with Gasteiger partial charge >= 0.3 is 0 Å². The number of rotatable bonds is 6. The van der Waals surface area contributed by atoms with Crippen molar-refractivity contribution in [2.24, 2.45) is 7.05 Å². The molecule has 5 heteroatoms. The zero-order chi connectivity index (χ0) is 14.6. The molecule has 20 heavy (non-hydrogen) atoms. The molecule has 108 valence electrons. The number of nitrogens with one attached hydrogen (secondary N) is 1. The highest BCUT2D eigenvalue weighted by Crippen LogP contribution is 2.04. The van der Waals surface area contributed by atoms with Gasteiger partial charge in [0.15, 0.2) is 5.82 Å². The molecule has 1 N–H and O–H groups in total. The second-order valence-electron chi connectivity index (χ2n) is 6.21. The molecule has 0 fully saturated rings. The van der Waals surface area contributed by atoms with Crippen molar-refractivity contribution in [1.29, 1.82) is 0 Å². The summed E-state index contributed by atoms with van der Waals surface area (Å²) in [4.78, 5) is 4.22. The molecule has 0 aliphatic rings. The third-order valence-corrected chi connectivity index (χ3v) is 5.39. The Morgan fingerprint density at radius 3 is 2.40 bits per heavy atom. The smallest absolute Gasteiger partial charge is 0.151 e. The van der Waals surface area contributed by atoms with E-state index >= 15 is 0 Å². The highest BCUT2D eigenvalue weighted by Gasteiger charge is 2.15. The summed E-state index contributed by atoms with van der Waals surface area (Å²) in [5.41, 5.74) is 1.33. The average Bonchev–Trinajstić information content (AvgIpc) is 2.80. The van der Waals surface area contributed by atoms with Crippen molar-refractivity contribution < 1.29 is 0 Å². The first-order valence-electron chi connectivity index (χ1n) is 7.10. The Morgan fingerprint density at radius 2 is 1.85 bits per heavy atom. The fraction of sp³-hybridized carbons (Fsp3) is 0.467. The Morgan fingerprint density at radius 1 is 1.15 bits per heavy atom. The van der Waals surface area contributed by atoms with Gasteiger partial charge < -0.3 is 5.32 Å². The average molecular weight is 288 g/mol.